The normalized spacial score (nSPS) is 13.4. The molecule has 0 radical (unpaired) electrons. The first kappa shape index (κ1) is 16.3. The van der Waals surface area contributed by atoms with Gasteiger partial charge in [0.1, 0.15) is 0 Å². The number of non-ortho nitro benzene ring substituents is 1. The van der Waals surface area contributed by atoms with Crippen molar-refractivity contribution in [2.75, 3.05) is 7.11 Å². The van der Waals surface area contributed by atoms with E-state index in [-0.39, 0.29) is 10.5 Å². The van der Waals surface area contributed by atoms with Gasteiger partial charge in [0.25, 0.3) is 0 Å². The van der Waals surface area contributed by atoms with Gasteiger partial charge in [-0.05, 0) is 0 Å². The quantitative estimate of drug-likeness (QED) is 0.448. The Balaban J connectivity index is 2.06. The van der Waals surface area contributed by atoms with Crippen LogP contribution in [0.2, 0.25) is 4.82 Å². The fourth-order valence-electron chi connectivity index (χ4n) is 2.10. The summed E-state index contributed by atoms with van der Waals surface area (Å²) in [5.41, 5.74) is 1.12. The standard InChI is InChI=1S/C16H17NO4Se/c1-12(11-13-3-7-15(21-2)8-4-13)22(20)16-9-5-14(6-10-16)17(18)19/h3-10,12H,11H2,1-2H3. The van der Waals surface area contributed by atoms with Crippen molar-refractivity contribution in [3.8, 4) is 5.75 Å². The first-order chi connectivity index (χ1) is 10.5. The summed E-state index contributed by atoms with van der Waals surface area (Å²) in [6.45, 7) is 1.95. The van der Waals surface area contributed by atoms with Crippen LogP contribution in [0.3, 0.4) is 0 Å². The number of ether oxygens (including phenoxy) is 1. The molecule has 0 saturated heterocycles. The molecule has 0 saturated carbocycles. The summed E-state index contributed by atoms with van der Waals surface area (Å²) in [6, 6.07) is 13.7. The zero-order chi connectivity index (χ0) is 16.1. The number of rotatable bonds is 6. The Bertz CT molecular complexity index is 668. The van der Waals surface area contributed by atoms with Gasteiger partial charge in [0.2, 0.25) is 0 Å². The first-order valence-corrected chi connectivity index (χ1v) is 9.33. The van der Waals surface area contributed by atoms with Gasteiger partial charge in [0.15, 0.2) is 0 Å². The van der Waals surface area contributed by atoms with E-state index in [1.54, 1.807) is 19.2 Å². The van der Waals surface area contributed by atoms with Crippen molar-refractivity contribution in [1.29, 1.82) is 0 Å². The van der Waals surface area contributed by atoms with E-state index in [9.17, 15) is 13.9 Å². The molecule has 0 spiro atoms. The molecule has 2 aromatic carbocycles. The average Bonchev–Trinajstić information content (AvgIpc) is 2.55. The van der Waals surface area contributed by atoms with Crippen molar-refractivity contribution in [3.05, 3.63) is 64.2 Å². The molecular weight excluding hydrogens is 349 g/mol. The van der Waals surface area contributed by atoms with Crippen LogP contribution in [0.25, 0.3) is 0 Å². The summed E-state index contributed by atoms with van der Waals surface area (Å²) in [7, 11) is 1.62. The van der Waals surface area contributed by atoms with Crippen LogP contribution in [-0.2, 0) is 10.3 Å². The van der Waals surface area contributed by atoms with Crippen LogP contribution in [0.4, 0.5) is 5.69 Å². The molecule has 2 rings (SSSR count). The molecule has 2 atom stereocenters. The predicted molar refractivity (Wildman–Crippen MR) is 85.3 cm³/mol. The summed E-state index contributed by atoms with van der Waals surface area (Å²) in [4.78, 5) is 10.2. The van der Waals surface area contributed by atoms with Crippen LogP contribution in [-0.4, -0.2) is 25.9 Å². The first-order valence-electron chi connectivity index (χ1n) is 6.79. The topological polar surface area (TPSA) is 69.4 Å². The Morgan fingerprint density at radius 1 is 1.14 bits per heavy atom. The van der Waals surface area contributed by atoms with Gasteiger partial charge in [0, 0.05) is 0 Å². The molecule has 0 aliphatic rings. The van der Waals surface area contributed by atoms with E-state index in [0.29, 0.717) is 10.9 Å². The van der Waals surface area contributed by atoms with E-state index < -0.39 is 18.8 Å². The van der Waals surface area contributed by atoms with Gasteiger partial charge in [-0.3, -0.25) is 0 Å². The van der Waals surface area contributed by atoms with Gasteiger partial charge < -0.3 is 0 Å². The molecule has 2 aromatic rings. The number of hydrogen-bond donors (Lipinski definition) is 0. The van der Waals surface area contributed by atoms with Gasteiger partial charge in [0.05, 0.1) is 0 Å². The Morgan fingerprint density at radius 3 is 2.23 bits per heavy atom. The van der Waals surface area contributed by atoms with Gasteiger partial charge in [-0.15, -0.1) is 0 Å². The molecule has 6 heteroatoms. The van der Waals surface area contributed by atoms with Gasteiger partial charge >= 0.3 is 133 Å². The summed E-state index contributed by atoms with van der Waals surface area (Å²) in [6.07, 6.45) is 0.704. The molecule has 0 amide bonds. The molecule has 0 N–H and O–H groups in total. The Morgan fingerprint density at radius 2 is 1.73 bits per heavy atom. The van der Waals surface area contributed by atoms with Crippen molar-refractivity contribution in [1.82, 2.24) is 0 Å². The third-order valence-corrected chi connectivity index (χ3v) is 6.76. The number of methoxy groups -OCH3 is 1. The third-order valence-electron chi connectivity index (χ3n) is 3.33. The average molecular weight is 366 g/mol. The molecule has 116 valence electrons. The number of benzene rings is 2. The van der Waals surface area contributed by atoms with Crippen molar-refractivity contribution in [2.24, 2.45) is 0 Å². The fraction of sp³-hybridized carbons (Fsp3) is 0.250. The molecule has 0 aliphatic heterocycles. The molecule has 0 aliphatic carbocycles. The molecule has 5 nitrogen and oxygen atoms in total. The van der Waals surface area contributed by atoms with E-state index in [4.69, 9.17) is 4.74 Å². The Hall–Kier alpha value is -2.04. The minimum atomic E-state index is -2.25. The third kappa shape index (κ3) is 3.99. The molecule has 2 unspecified atom stereocenters. The second-order valence-corrected chi connectivity index (χ2v) is 8.84. The summed E-state index contributed by atoms with van der Waals surface area (Å²) in [5, 5.41) is 10.6. The number of hydrogen-bond acceptors (Lipinski definition) is 4. The van der Waals surface area contributed by atoms with Gasteiger partial charge in [-0.25, -0.2) is 0 Å². The summed E-state index contributed by atoms with van der Waals surface area (Å²) in [5.74, 6) is 0.793. The van der Waals surface area contributed by atoms with Crippen LogP contribution in [0, 0.1) is 10.1 Å². The fourth-order valence-corrected chi connectivity index (χ4v) is 4.65. The van der Waals surface area contributed by atoms with Gasteiger partial charge in [-0.1, -0.05) is 0 Å². The maximum atomic E-state index is 12.6. The van der Waals surface area contributed by atoms with E-state index in [1.165, 1.54) is 12.1 Å². The van der Waals surface area contributed by atoms with Crippen molar-refractivity contribution >= 4 is 24.0 Å². The zero-order valence-corrected chi connectivity index (χ0v) is 14.1. The second kappa shape index (κ2) is 7.29. The summed E-state index contributed by atoms with van der Waals surface area (Å²) < 4.78 is 18.4. The van der Waals surface area contributed by atoms with Crippen molar-refractivity contribution in [2.45, 2.75) is 18.2 Å². The monoisotopic (exact) mass is 367 g/mol. The van der Waals surface area contributed by atoms with Crippen molar-refractivity contribution in [3.63, 3.8) is 0 Å². The minimum absolute atomic E-state index is 0.00912. The van der Waals surface area contributed by atoms with Crippen LogP contribution in [0.15, 0.2) is 48.5 Å². The molecule has 0 aromatic heterocycles. The molecular formula is C16H17NO4Se. The number of nitrogens with zero attached hydrogens (tertiary/aromatic N) is 1. The molecule has 0 fully saturated rings. The number of nitro groups is 1. The van der Waals surface area contributed by atoms with E-state index in [1.807, 2.05) is 31.2 Å². The van der Waals surface area contributed by atoms with E-state index in [2.05, 4.69) is 0 Å². The zero-order valence-electron chi connectivity index (χ0n) is 12.4. The second-order valence-electron chi connectivity index (χ2n) is 4.91. The van der Waals surface area contributed by atoms with E-state index >= 15 is 0 Å². The van der Waals surface area contributed by atoms with Crippen LogP contribution >= 0.6 is 0 Å². The maximum absolute atomic E-state index is 12.6. The van der Waals surface area contributed by atoms with Crippen LogP contribution in [0.1, 0.15) is 12.5 Å². The molecule has 0 heterocycles. The number of nitro benzene ring substituents is 1. The van der Waals surface area contributed by atoms with Crippen molar-refractivity contribution < 1.29 is 13.5 Å². The van der Waals surface area contributed by atoms with Crippen LogP contribution in [0.5, 0.6) is 5.75 Å². The SMILES string of the molecule is COc1ccc(CC(C)[Se](=O)c2ccc([N+](=O)[O-])cc2)cc1. The predicted octanol–water partition coefficient (Wildman–Crippen LogP) is 2.87. The molecule has 22 heavy (non-hydrogen) atoms. The Kier molecular flexibility index (Phi) is 5.41. The summed E-state index contributed by atoms with van der Waals surface area (Å²) >= 11 is -2.25. The Labute approximate surface area is 133 Å². The van der Waals surface area contributed by atoms with Gasteiger partial charge in [-0.2, -0.15) is 0 Å². The van der Waals surface area contributed by atoms with Crippen LogP contribution < -0.4 is 9.20 Å². The van der Waals surface area contributed by atoms with E-state index in [0.717, 1.165) is 11.3 Å². The molecule has 0 bridgehead atoms.